The summed E-state index contributed by atoms with van der Waals surface area (Å²) in [6, 6.07) is 12.2. The molecule has 162 valence electrons. The Morgan fingerprint density at radius 2 is 1.84 bits per heavy atom. The SMILES string of the molecule is COc1ccnc(/C=C/c2nc3ncc(-c4ccc(S(=O)(=O)N5CCC5)cc4)cc3o2)c1. The summed E-state index contributed by atoms with van der Waals surface area (Å²) in [6.45, 7) is 1.17. The van der Waals surface area contributed by atoms with Crippen LogP contribution in [0.3, 0.4) is 0 Å². The topological polar surface area (TPSA) is 98.4 Å². The first-order valence-electron chi connectivity index (χ1n) is 10.1. The quantitative estimate of drug-likeness (QED) is 0.442. The average molecular weight is 449 g/mol. The molecule has 9 heteroatoms. The molecular weight excluding hydrogens is 428 g/mol. The molecule has 0 radical (unpaired) electrons. The highest BCUT2D eigenvalue weighted by Crippen LogP contribution is 2.27. The summed E-state index contributed by atoms with van der Waals surface area (Å²) in [6.07, 6.45) is 7.77. The Hall–Kier alpha value is -3.56. The minimum Gasteiger partial charge on any atom is -0.497 e. The van der Waals surface area contributed by atoms with E-state index in [1.54, 1.807) is 68.1 Å². The van der Waals surface area contributed by atoms with Crippen molar-refractivity contribution in [3.05, 3.63) is 66.4 Å². The Labute approximate surface area is 185 Å². The van der Waals surface area contributed by atoms with E-state index in [1.165, 1.54) is 4.31 Å². The van der Waals surface area contributed by atoms with Crippen molar-refractivity contribution in [3.8, 4) is 16.9 Å². The number of ether oxygens (including phenoxy) is 1. The van der Waals surface area contributed by atoms with Crippen molar-refractivity contribution >= 4 is 33.4 Å². The molecule has 4 aromatic rings. The third-order valence-electron chi connectivity index (χ3n) is 5.29. The molecule has 4 heterocycles. The third-order valence-corrected chi connectivity index (χ3v) is 7.20. The molecule has 0 amide bonds. The Balaban J connectivity index is 1.38. The minimum atomic E-state index is -3.40. The Kier molecular flexibility index (Phi) is 5.20. The summed E-state index contributed by atoms with van der Waals surface area (Å²) in [5.74, 6) is 1.12. The monoisotopic (exact) mass is 448 g/mol. The van der Waals surface area contributed by atoms with Gasteiger partial charge in [-0.25, -0.2) is 13.4 Å². The molecule has 0 aliphatic carbocycles. The molecule has 0 bridgehead atoms. The highest BCUT2D eigenvalue weighted by Gasteiger charge is 2.29. The molecule has 1 aromatic carbocycles. The molecule has 1 aliphatic heterocycles. The number of hydrogen-bond acceptors (Lipinski definition) is 7. The maximum atomic E-state index is 12.5. The van der Waals surface area contributed by atoms with Crippen molar-refractivity contribution in [2.24, 2.45) is 0 Å². The first kappa shape index (κ1) is 20.3. The van der Waals surface area contributed by atoms with E-state index in [0.29, 0.717) is 46.5 Å². The van der Waals surface area contributed by atoms with Crippen molar-refractivity contribution in [3.63, 3.8) is 0 Å². The first-order chi connectivity index (χ1) is 15.5. The zero-order valence-corrected chi connectivity index (χ0v) is 18.1. The number of nitrogens with zero attached hydrogens (tertiary/aromatic N) is 4. The standard InChI is InChI=1S/C23H20N4O4S/c1-30-19-9-10-24-18(14-19)5-8-22-26-23-21(31-22)13-17(15-25-23)16-3-6-20(7-4-16)32(28,29)27-11-2-12-27/h3-10,13-15H,2,11-12H2,1H3/b8-5+. The van der Waals surface area contributed by atoms with Crippen molar-refractivity contribution < 1.29 is 17.6 Å². The van der Waals surface area contributed by atoms with Gasteiger partial charge in [-0.3, -0.25) is 4.98 Å². The van der Waals surface area contributed by atoms with Gasteiger partial charge in [0.25, 0.3) is 0 Å². The van der Waals surface area contributed by atoms with Gasteiger partial charge >= 0.3 is 0 Å². The van der Waals surface area contributed by atoms with E-state index in [1.807, 2.05) is 6.07 Å². The minimum absolute atomic E-state index is 0.299. The van der Waals surface area contributed by atoms with Gasteiger partial charge in [0.15, 0.2) is 11.2 Å². The molecule has 0 spiro atoms. The second-order valence-corrected chi connectivity index (χ2v) is 9.27. The number of hydrogen-bond donors (Lipinski definition) is 0. The van der Waals surface area contributed by atoms with Crippen LogP contribution in [0.1, 0.15) is 18.0 Å². The number of sulfonamides is 1. The van der Waals surface area contributed by atoms with Crippen LogP contribution in [0.2, 0.25) is 0 Å². The summed E-state index contributed by atoms with van der Waals surface area (Å²) >= 11 is 0. The number of aromatic nitrogens is 3. The van der Waals surface area contributed by atoms with Gasteiger partial charge < -0.3 is 9.15 Å². The van der Waals surface area contributed by atoms with Crippen LogP contribution in [0.5, 0.6) is 5.75 Å². The summed E-state index contributed by atoms with van der Waals surface area (Å²) in [4.78, 5) is 13.3. The lowest BCUT2D eigenvalue weighted by atomic mass is 10.1. The number of fused-ring (bicyclic) bond motifs is 1. The smallest absolute Gasteiger partial charge is 0.243 e. The maximum absolute atomic E-state index is 12.5. The van der Waals surface area contributed by atoms with E-state index >= 15 is 0 Å². The molecule has 0 N–H and O–H groups in total. The molecule has 1 aliphatic rings. The van der Waals surface area contributed by atoms with Crippen LogP contribution in [0, 0.1) is 0 Å². The van der Waals surface area contributed by atoms with Crippen LogP contribution in [0.25, 0.3) is 34.5 Å². The normalized spacial score (nSPS) is 14.7. The van der Waals surface area contributed by atoms with Crippen molar-refractivity contribution in [2.75, 3.05) is 20.2 Å². The highest BCUT2D eigenvalue weighted by atomic mass is 32.2. The number of benzene rings is 1. The van der Waals surface area contributed by atoms with Crippen LogP contribution in [-0.4, -0.2) is 47.9 Å². The average Bonchev–Trinajstić information content (AvgIpc) is 3.18. The van der Waals surface area contributed by atoms with Crippen molar-refractivity contribution in [2.45, 2.75) is 11.3 Å². The first-order valence-corrected chi connectivity index (χ1v) is 11.5. The fourth-order valence-electron chi connectivity index (χ4n) is 3.36. The van der Waals surface area contributed by atoms with Crippen LogP contribution >= 0.6 is 0 Å². The largest absolute Gasteiger partial charge is 0.497 e. The molecule has 1 fully saturated rings. The molecular formula is C23H20N4O4S. The lowest BCUT2D eigenvalue weighted by molar-refractivity contribution is 0.309. The van der Waals surface area contributed by atoms with Gasteiger partial charge in [-0.2, -0.15) is 9.29 Å². The molecule has 5 rings (SSSR count). The second-order valence-electron chi connectivity index (χ2n) is 7.33. The van der Waals surface area contributed by atoms with Crippen molar-refractivity contribution in [1.29, 1.82) is 0 Å². The summed E-state index contributed by atoms with van der Waals surface area (Å²) in [5, 5.41) is 0. The zero-order chi connectivity index (χ0) is 22.1. The van der Waals surface area contributed by atoms with Crippen LogP contribution < -0.4 is 4.74 Å². The Bertz CT molecular complexity index is 1410. The van der Waals surface area contributed by atoms with Gasteiger partial charge in [0, 0.05) is 43.2 Å². The molecule has 32 heavy (non-hydrogen) atoms. The summed E-state index contributed by atoms with van der Waals surface area (Å²) in [5.41, 5.74) is 3.40. The fourth-order valence-corrected chi connectivity index (χ4v) is 4.88. The van der Waals surface area contributed by atoms with Gasteiger partial charge in [0.05, 0.1) is 17.7 Å². The molecule has 3 aromatic heterocycles. The fraction of sp³-hybridized carbons (Fsp3) is 0.174. The summed E-state index contributed by atoms with van der Waals surface area (Å²) < 4.78 is 37.5. The molecule has 1 saturated heterocycles. The predicted octanol–water partition coefficient (Wildman–Crippen LogP) is 3.86. The van der Waals surface area contributed by atoms with E-state index in [4.69, 9.17) is 9.15 Å². The van der Waals surface area contributed by atoms with E-state index in [-0.39, 0.29) is 0 Å². The van der Waals surface area contributed by atoms with Gasteiger partial charge in [-0.15, -0.1) is 0 Å². The van der Waals surface area contributed by atoms with E-state index in [9.17, 15) is 8.42 Å². The molecule has 0 saturated carbocycles. The number of rotatable bonds is 6. The third kappa shape index (κ3) is 3.88. The summed E-state index contributed by atoms with van der Waals surface area (Å²) in [7, 11) is -1.79. The van der Waals surface area contributed by atoms with Crippen molar-refractivity contribution in [1.82, 2.24) is 19.3 Å². The molecule has 8 nitrogen and oxygen atoms in total. The van der Waals surface area contributed by atoms with Gasteiger partial charge in [-0.1, -0.05) is 12.1 Å². The van der Waals surface area contributed by atoms with Crippen LogP contribution in [0.4, 0.5) is 0 Å². The van der Waals surface area contributed by atoms with Crippen LogP contribution in [-0.2, 0) is 10.0 Å². The van der Waals surface area contributed by atoms with E-state index in [0.717, 1.165) is 17.5 Å². The number of oxazole rings is 1. The number of pyridine rings is 2. The van der Waals surface area contributed by atoms with E-state index in [2.05, 4.69) is 15.0 Å². The Morgan fingerprint density at radius 1 is 1.03 bits per heavy atom. The van der Waals surface area contributed by atoms with E-state index < -0.39 is 10.0 Å². The highest BCUT2D eigenvalue weighted by molar-refractivity contribution is 7.89. The lowest BCUT2D eigenvalue weighted by Gasteiger charge is -2.29. The van der Waals surface area contributed by atoms with Gasteiger partial charge in [0.2, 0.25) is 15.9 Å². The second kappa shape index (κ2) is 8.18. The maximum Gasteiger partial charge on any atom is 0.243 e. The number of methoxy groups -OCH3 is 1. The van der Waals surface area contributed by atoms with Gasteiger partial charge in [-0.05, 0) is 42.3 Å². The predicted molar refractivity (Wildman–Crippen MR) is 120 cm³/mol. The van der Waals surface area contributed by atoms with Crippen LogP contribution in [0.15, 0.2) is 64.2 Å². The molecule has 0 unspecified atom stereocenters. The zero-order valence-electron chi connectivity index (χ0n) is 17.3. The van der Waals surface area contributed by atoms with Gasteiger partial charge in [0.1, 0.15) is 5.75 Å². The Morgan fingerprint density at radius 3 is 2.56 bits per heavy atom. The lowest BCUT2D eigenvalue weighted by Crippen LogP contribution is -2.41. The molecule has 0 atom stereocenters.